The summed E-state index contributed by atoms with van der Waals surface area (Å²) in [7, 11) is 1.98. The SMILES string of the molecule is CN1C=CN(c2[c-]c(Oc3cccc(-c4[c-]ccc5c4oc4ccccc45)n3)ccc2)[CH-]1.[Pt]. The van der Waals surface area contributed by atoms with Gasteiger partial charge in [-0.3, -0.25) is 4.98 Å². The predicted octanol–water partition coefficient (Wildman–Crippen LogP) is 6.38. The fraction of sp³-hybridized carbons (Fsp3) is 0.0370. The van der Waals surface area contributed by atoms with Gasteiger partial charge < -0.3 is 19.0 Å². The number of nitrogens with zero attached hydrogens (tertiary/aromatic N) is 3. The minimum Gasteiger partial charge on any atom is -0.510 e. The quantitative estimate of drug-likeness (QED) is 0.221. The molecule has 0 fully saturated rings. The molecule has 0 amide bonds. The number of para-hydroxylation sites is 1. The van der Waals surface area contributed by atoms with Crippen LogP contribution in [0.5, 0.6) is 11.6 Å². The molecule has 1 aliphatic heterocycles. The summed E-state index contributed by atoms with van der Waals surface area (Å²) in [5.74, 6) is 1.07. The average Bonchev–Trinajstić information content (AvgIpc) is 3.43. The molecule has 166 valence electrons. The second-order valence-corrected chi connectivity index (χ2v) is 7.54. The molecule has 0 atom stereocenters. The molecule has 5 nitrogen and oxygen atoms in total. The van der Waals surface area contributed by atoms with Crippen molar-refractivity contribution in [3.63, 3.8) is 0 Å². The second kappa shape index (κ2) is 8.76. The predicted molar refractivity (Wildman–Crippen MR) is 125 cm³/mol. The molecule has 0 aliphatic carbocycles. The summed E-state index contributed by atoms with van der Waals surface area (Å²) < 4.78 is 12.2. The summed E-state index contributed by atoms with van der Waals surface area (Å²) in [5, 5.41) is 2.12. The van der Waals surface area contributed by atoms with Crippen molar-refractivity contribution in [3.05, 3.63) is 104 Å². The monoisotopic (exact) mass is 611 g/mol. The Bertz CT molecular complexity index is 1480. The van der Waals surface area contributed by atoms with Gasteiger partial charge >= 0.3 is 0 Å². The summed E-state index contributed by atoms with van der Waals surface area (Å²) in [6.07, 6.45) is 3.94. The third-order valence-electron chi connectivity index (χ3n) is 5.33. The van der Waals surface area contributed by atoms with Crippen molar-refractivity contribution in [1.29, 1.82) is 0 Å². The second-order valence-electron chi connectivity index (χ2n) is 7.54. The van der Waals surface area contributed by atoms with Crippen molar-refractivity contribution in [1.82, 2.24) is 9.88 Å². The minimum absolute atomic E-state index is 0. The van der Waals surface area contributed by atoms with Gasteiger partial charge in [0.2, 0.25) is 5.88 Å². The van der Waals surface area contributed by atoms with Crippen molar-refractivity contribution < 1.29 is 30.2 Å². The molecule has 3 aromatic carbocycles. The summed E-state index contributed by atoms with van der Waals surface area (Å²) in [6.45, 7) is 1.97. The first-order valence-electron chi connectivity index (χ1n) is 10.3. The molecule has 1 aliphatic rings. The van der Waals surface area contributed by atoms with Gasteiger partial charge in [0.25, 0.3) is 0 Å². The van der Waals surface area contributed by atoms with Crippen LogP contribution in [0.4, 0.5) is 5.69 Å². The number of pyridine rings is 1. The molecule has 0 radical (unpaired) electrons. The zero-order valence-electron chi connectivity index (χ0n) is 17.6. The van der Waals surface area contributed by atoms with Crippen molar-refractivity contribution in [2.45, 2.75) is 0 Å². The van der Waals surface area contributed by atoms with Crippen LogP contribution in [-0.2, 0) is 21.1 Å². The molecule has 0 spiro atoms. The number of aromatic nitrogens is 1. The van der Waals surface area contributed by atoms with Crippen LogP contribution in [0.2, 0.25) is 0 Å². The van der Waals surface area contributed by atoms with E-state index in [1.165, 1.54) is 0 Å². The Morgan fingerprint density at radius 1 is 0.939 bits per heavy atom. The molecule has 6 rings (SSSR count). The van der Waals surface area contributed by atoms with Crippen molar-refractivity contribution >= 4 is 27.6 Å². The van der Waals surface area contributed by atoms with E-state index in [2.05, 4.69) is 18.2 Å². The van der Waals surface area contributed by atoms with E-state index in [-0.39, 0.29) is 21.1 Å². The van der Waals surface area contributed by atoms with Gasteiger partial charge in [0, 0.05) is 32.2 Å². The molecule has 0 N–H and O–H groups in total. The van der Waals surface area contributed by atoms with Crippen molar-refractivity contribution in [3.8, 4) is 22.9 Å². The van der Waals surface area contributed by atoms with E-state index in [1.807, 2.05) is 103 Å². The van der Waals surface area contributed by atoms with Crippen LogP contribution >= 0.6 is 0 Å². The number of hydrogen-bond acceptors (Lipinski definition) is 5. The van der Waals surface area contributed by atoms with Crippen molar-refractivity contribution in [2.75, 3.05) is 11.9 Å². The summed E-state index contributed by atoms with van der Waals surface area (Å²) in [5.41, 5.74) is 4.05. The number of ether oxygens (including phenoxy) is 1. The molecule has 2 aromatic heterocycles. The number of benzene rings is 3. The maximum Gasteiger partial charge on any atom is 0.207 e. The number of furan rings is 1. The van der Waals surface area contributed by atoms with Crippen LogP contribution in [0, 0.1) is 18.8 Å². The Hall–Kier alpha value is -3.56. The third-order valence-corrected chi connectivity index (χ3v) is 5.33. The fourth-order valence-corrected chi connectivity index (χ4v) is 3.84. The first kappa shape index (κ1) is 21.3. The van der Waals surface area contributed by atoms with E-state index in [9.17, 15) is 0 Å². The molecule has 3 heterocycles. The van der Waals surface area contributed by atoms with Gasteiger partial charge in [-0.1, -0.05) is 41.3 Å². The van der Waals surface area contributed by atoms with Gasteiger partial charge in [-0.15, -0.1) is 42.1 Å². The van der Waals surface area contributed by atoms with E-state index in [0.29, 0.717) is 11.6 Å². The topological polar surface area (TPSA) is 41.7 Å². The molecular formula is C27H18N3O2Pt-3. The summed E-state index contributed by atoms with van der Waals surface area (Å²) in [4.78, 5) is 8.67. The van der Waals surface area contributed by atoms with E-state index in [4.69, 9.17) is 14.1 Å². The number of fused-ring (bicyclic) bond motifs is 3. The Morgan fingerprint density at radius 2 is 1.82 bits per heavy atom. The minimum atomic E-state index is 0. The number of anilines is 1. The van der Waals surface area contributed by atoms with Gasteiger partial charge in [0.15, 0.2) is 0 Å². The van der Waals surface area contributed by atoms with Crippen LogP contribution in [0.25, 0.3) is 33.2 Å². The molecule has 0 saturated heterocycles. The molecule has 33 heavy (non-hydrogen) atoms. The standard InChI is InChI=1S/C27H18N3O2.Pt/c1-29-15-16-30(18-29)19-7-4-8-20(17-19)31-26-14-6-12-24(28-26)23-11-5-10-22-21-9-2-3-13-25(21)32-27(22)23;/h2-10,12-16,18H,1H3;/q-3;. The van der Waals surface area contributed by atoms with Crippen LogP contribution in [0.3, 0.4) is 0 Å². The summed E-state index contributed by atoms with van der Waals surface area (Å²) in [6, 6.07) is 30.0. The first-order valence-corrected chi connectivity index (χ1v) is 10.3. The largest absolute Gasteiger partial charge is 0.510 e. The molecular weight excluding hydrogens is 593 g/mol. The van der Waals surface area contributed by atoms with Crippen LogP contribution in [-0.4, -0.2) is 16.9 Å². The zero-order chi connectivity index (χ0) is 21.5. The molecule has 5 aromatic rings. The zero-order valence-corrected chi connectivity index (χ0v) is 19.9. The first-order chi connectivity index (χ1) is 15.7. The Balaban J connectivity index is 0.00000228. The van der Waals surface area contributed by atoms with E-state index >= 15 is 0 Å². The maximum atomic E-state index is 6.14. The summed E-state index contributed by atoms with van der Waals surface area (Å²) >= 11 is 0. The maximum absolute atomic E-state index is 6.14. The Labute approximate surface area is 206 Å². The van der Waals surface area contributed by atoms with Crippen molar-refractivity contribution in [2.24, 2.45) is 0 Å². The normalized spacial score (nSPS) is 13.0. The third kappa shape index (κ3) is 4.01. The number of rotatable bonds is 4. The van der Waals surface area contributed by atoms with Crippen LogP contribution in [0.15, 0.2) is 89.6 Å². The Morgan fingerprint density at radius 3 is 2.70 bits per heavy atom. The van der Waals surface area contributed by atoms with Crippen LogP contribution in [0.1, 0.15) is 0 Å². The van der Waals surface area contributed by atoms with Gasteiger partial charge in [-0.2, -0.15) is 12.7 Å². The fourth-order valence-electron chi connectivity index (χ4n) is 3.84. The van der Waals surface area contributed by atoms with Gasteiger partial charge in [-0.25, -0.2) is 0 Å². The Kier molecular flexibility index (Phi) is 5.65. The van der Waals surface area contributed by atoms with Gasteiger partial charge in [0.1, 0.15) is 5.58 Å². The average molecular weight is 612 g/mol. The van der Waals surface area contributed by atoms with E-state index in [0.717, 1.165) is 38.9 Å². The van der Waals surface area contributed by atoms with E-state index < -0.39 is 0 Å². The molecule has 0 bridgehead atoms. The van der Waals surface area contributed by atoms with Gasteiger partial charge in [-0.05, 0) is 37.3 Å². The van der Waals surface area contributed by atoms with E-state index in [1.54, 1.807) is 0 Å². The number of hydrogen-bond donors (Lipinski definition) is 0. The molecule has 6 heteroatoms. The smallest absolute Gasteiger partial charge is 0.207 e. The van der Waals surface area contributed by atoms with Crippen LogP contribution < -0.4 is 9.64 Å². The molecule has 0 saturated carbocycles. The molecule has 0 unspecified atom stereocenters. The van der Waals surface area contributed by atoms with Gasteiger partial charge in [0.05, 0.1) is 5.58 Å².